The van der Waals surface area contributed by atoms with Gasteiger partial charge in [0.2, 0.25) is 5.88 Å². The zero-order chi connectivity index (χ0) is 9.68. The van der Waals surface area contributed by atoms with Crippen LogP contribution in [0, 0.1) is 0 Å². The first-order valence-electron chi connectivity index (χ1n) is 3.83. The van der Waals surface area contributed by atoms with E-state index in [1.807, 2.05) is 0 Å². The predicted molar refractivity (Wildman–Crippen MR) is 50.0 cm³/mol. The van der Waals surface area contributed by atoms with Crippen molar-refractivity contribution < 1.29 is 9.47 Å². The van der Waals surface area contributed by atoms with Gasteiger partial charge in [0.1, 0.15) is 11.6 Å². The summed E-state index contributed by atoms with van der Waals surface area (Å²) in [5.41, 5.74) is 5.60. The van der Waals surface area contributed by atoms with Crippen LogP contribution in [-0.2, 0) is 0 Å². The van der Waals surface area contributed by atoms with E-state index in [1.54, 1.807) is 33.4 Å². The second-order valence-corrected chi connectivity index (χ2v) is 2.31. The maximum Gasteiger partial charge on any atom is 0.218 e. The second-order valence-electron chi connectivity index (χ2n) is 2.31. The molecule has 0 saturated carbocycles. The lowest BCUT2D eigenvalue weighted by molar-refractivity contribution is 0.383. The maximum atomic E-state index is 5.06. The van der Waals surface area contributed by atoms with E-state index in [2.05, 4.69) is 15.8 Å². The monoisotopic (exact) mass is 183 g/mol. The van der Waals surface area contributed by atoms with E-state index in [4.69, 9.17) is 9.47 Å². The molecule has 13 heavy (non-hydrogen) atoms. The van der Waals surface area contributed by atoms with Gasteiger partial charge in [-0.3, -0.25) is 0 Å². The van der Waals surface area contributed by atoms with Crippen LogP contribution < -0.4 is 20.3 Å². The zero-order valence-electron chi connectivity index (χ0n) is 7.92. The molecule has 5 heteroatoms. The van der Waals surface area contributed by atoms with Gasteiger partial charge < -0.3 is 14.9 Å². The Kier molecular flexibility index (Phi) is 3.33. The third-order valence-electron chi connectivity index (χ3n) is 1.47. The molecule has 1 rings (SSSR count). The van der Waals surface area contributed by atoms with Gasteiger partial charge in [-0.05, 0) is 0 Å². The lowest BCUT2D eigenvalue weighted by Gasteiger charge is -2.07. The summed E-state index contributed by atoms with van der Waals surface area (Å²) in [5, 5.41) is 0. The smallest absolute Gasteiger partial charge is 0.218 e. The first-order chi connectivity index (χ1) is 6.30. The number of methoxy groups -OCH3 is 2. The quantitative estimate of drug-likeness (QED) is 0.671. The Balaban J connectivity index is 2.93. The van der Waals surface area contributed by atoms with Gasteiger partial charge in [-0.15, -0.1) is 0 Å². The number of nitrogens with one attached hydrogen (secondary N) is 2. The summed E-state index contributed by atoms with van der Waals surface area (Å²) in [6.07, 6.45) is 0. The lowest BCUT2D eigenvalue weighted by atomic mass is 10.4. The molecule has 72 valence electrons. The minimum absolute atomic E-state index is 0.511. The van der Waals surface area contributed by atoms with Crippen LogP contribution in [0.15, 0.2) is 12.1 Å². The molecule has 0 fully saturated rings. The number of ether oxygens (including phenoxy) is 2. The average molecular weight is 183 g/mol. The standard InChI is InChI=1S/C8H13N3O2/c1-9-11-7-4-6(12-2)5-8(10-7)13-3/h4-5,9H,1-3H3,(H,10,11). The zero-order valence-corrected chi connectivity index (χ0v) is 7.92. The molecule has 0 aliphatic heterocycles. The van der Waals surface area contributed by atoms with E-state index >= 15 is 0 Å². The number of rotatable bonds is 4. The number of anilines is 1. The molecule has 0 aromatic carbocycles. The second kappa shape index (κ2) is 4.51. The number of nitrogens with zero attached hydrogens (tertiary/aromatic N) is 1. The summed E-state index contributed by atoms with van der Waals surface area (Å²) in [6.45, 7) is 0. The number of aromatic nitrogens is 1. The summed E-state index contributed by atoms with van der Waals surface area (Å²) in [7, 11) is 4.91. The summed E-state index contributed by atoms with van der Waals surface area (Å²) < 4.78 is 10.0. The molecule has 1 aromatic rings. The van der Waals surface area contributed by atoms with E-state index in [1.165, 1.54) is 0 Å². The van der Waals surface area contributed by atoms with E-state index < -0.39 is 0 Å². The fourth-order valence-corrected chi connectivity index (χ4v) is 0.896. The number of pyridine rings is 1. The Hall–Kier alpha value is -1.49. The molecule has 0 aliphatic carbocycles. The van der Waals surface area contributed by atoms with Gasteiger partial charge in [0.05, 0.1) is 14.2 Å². The van der Waals surface area contributed by atoms with Crippen LogP contribution in [0.4, 0.5) is 5.82 Å². The van der Waals surface area contributed by atoms with Crippen molar-refractivity contribution in [1.82, 2.24) is 10.4 Å². The number of hydrogen-bond donors (Lipinski definition) is 2. The van der Waals surface area contributed by atoms with Crippen molar-refractivity contribution in [2.75, 3.05) is 26.7 Å². The Morgan fingerprint density at radius 3 is 2.54 bits per heavy atom. The van der Waals surface area contributed by atoms with Crippen LogP contribution in [0.2, 0.25) is 0 Å². The highest BCUT2D eigenvalue weighted by molar-refractivity contribution is 5.43. The fraction of sp³-hybridized carbons (Fsp3) is 0.375. The SMILES string of the molecule is CNNc1cc(OC)cc(OC)n1. The van der Waals surface area contributed by atoms with Crippen molar-refractivity contribution in [3.8, 4) is 11.6 Å². The van der Waals surface area contributed by atoms with Gasteiger partial charge in [0.25, 0.3) is 0 Å². The molecule has 2 N–H and O–H groups in total. The molecule has 0 unspecified atom stereocenters. The fourth-order valence-electron chi connectivity index (χ4n) is 0.896. The highest BCUT2D eigenvalue weighted by atomic mass is 16.5. The van der Waals surface area contributed by atoms with Crippen molar-refractivity contribution in [3.05, 3.63) is 12.1 Å². The Morgan fingerprint density at radius 1 is 1.23 bits per heavy atom. The summed E-state index contributed by atoms with van der Waals surface area (Å²) in [6, 6.07) is 3.47. The summed E-state index contributed by atoms with van der Waals surface area (Å²) in [5.74, 6) is 1.86. The van der Waals surface area contributed by atoms with Gasteiger partial charge >= 0.3 is 0 Å². The molecule has 0 spiro atoms. The van der Waals surface area contributed by atoms with Gasteiger partial charge in [-0.25, -0.2) is 5.43 Å². The van der Waals surface area contributed by atoms with Crippen LogP contribution >= 0.6 is 0 Å². The Bertz CT molecular complexity index is 256. The molecule has 1 aromatic heterocycles. The molecule has 0 bridgehead atoms. The molecule has 0 radical (unpaired) electrons. The predicted octanol–water partition coefficient (Wildman–Crippen LogP) is 0.645. The van der Waals surface area contributed by atoms with E-state index in [9.17, 15) is 0 Å². The van der Waals surface area contributed by atoms with Crippen molar-refractivity contribution in [2.24, 2.45) is 0 Å². The molecule has 0 aliphatic rings. The van der Waals surface area contributed by atoms with Crippen molar-refractivity contribution in [3.63, 3.8) is 0 Å². The Morgan fingerprint density at radius 2 is 2.00 bits per heavy atom. The highest BCUT2D eigenvalue weighted by Crippen LogP contribution is 2.20. The van der Waals surface area contributed by atoms with Gasteiger partial charge in [-0.1, -0.05) is 0 Å². The molecular weight excluding hydrogens is 170 g/mol. The van der Waals surface area contributed by atoms with Crippen LogP contribution in [0.3, 0.4) is 0 Å². The summed E-state index contributed by atoms with van der Waals surface area (Å²) >= 11 is 0. The minimum Gasteiger partial charge on any atom is -0.496 e. The first kappa shape index (κ1) is 9.60. The minimum atomic E-state index is 0.511. The third-order valence-corrected chi connectivity index (χ3v) is 1.47. The van der Waals surface area contributed by atoms with Crippen LogP contribution in [-0.4, -0.2) is 26.3 Å². The van der Waals surface area contributed by atoms with Crippen molar-refractivity contribution >= 4 is 5.82 Å². The third kappa shape index (κ3) is 2.48. The number of hydrazine groups is 1. The molecule has 0 amide bonds. The molecule has 5 nitrogen and oxygen atoms in total. The molecule has 1 heterocycles. The maximum absolute atomic E-state index is 5.06. The summed E-state index contributed by atoms with van der Waals surface area (Å²) in [4.78, 5) is 4.11. The van der Waals surface area contributed by atoms with E-state index in [-0.39, 0.29) is 0 Å². The van der Waals surface area contributed by atoms with Crippen LogP contribution in [0.5, 0.6) is 11.6 Å². The van der Waals surface area contributed by atoms with Gasteiger partial charge in [0.15, 0.2) is 0 Å². The normalized spacial score (nSPS) is 9.46. The van der Waals surface area contributed by atoms with Crippen molar-refractivity contribution in [1.29, 1.82) is 0 Å². The molecule has 0 saturated heterocycles. The average Bonchev–Trinajstić information content (AvgIpc) is 2.17. The van der Waals surface area contributed by atoms with E-state index in [0.717, 1.165) is 0 Å². The molecular formula is C8H13N3O2. The molecule has 0 atom stereocenters. The van der Waals surface area contributed by atoms with Gasteiger partial charge in [-0.2, -0.15) is 4.98 Å². The largest absolute Gasteiger partial charge is 0.496 e. The first-order valence-corrected chi connectivity index (χ1v) is 3.83. The highest BCUT2D eigenvalue weighted by Gasteiger charge is 2.01. The lowest BCUT2D eigenvalue weighted by Crippen LogP contribution is -2.16. The van der Waals surface area contributed by atoms with Crippen LogP contribution in [0.25, 0.3) is 0 Å². The number of hydrogen-bond acceptors (Lipinski definition) is 5. The topological polar surface area (TPSA) is 55.4 Å². The van der Waals surface area contributed by atoms with Crippen molar-refractivity contribution in [2.45, 2.75) is 0 Å². The van der Waals surface area contributed by atoms with Gasteiger partial charge in [0, 0.05) is 19.2 Å². The van der Waals surface area contributed by atoms with E-state index in [0.29, 0.717) is 17.4 Å². The Labute approximate surface area is 77.0 Å². The van der Waals surface area contributed by atoms with Crippen LogP contribution in [0.1, 0.15) is 0 Å².